The molecule has 1 atom stereocenters. The molecule has 0 bridgehead atoms. The van der Waals surface area contributed by atoms with Crippen LogP contribution >= 0.6 is 0 Å². The summed E-state index contributed by atoms with van der Waals surface area (Å²) in [6, 6.07) is 5.71. The van der Waals surface area contributed by atoms with Gasteiger partial charge in [0, 0.05) is 12.5 Å². The summed E-state index contributed by atoms with van der Waals surface area (Å²) in [6.07, 6.45) is -4.76. The van der Waals surface area contributed by atoms with E-state index < -0.39 is 12.6 Å². The lowest BCUT2D eigenvalue weighted by molar-refractivity contribution is -0.136. The predicted octanol–water partition coefficient (Wildman–Crippen LogP) is 4.30. The molecule has 1 rings (SSSR count). The number of halogens is 3. The van der Waals surface area contributed by atoms with E-state index >= 15 is 0 Å². The lowest BCUT2D eigenvalue weighted by atomic mass is 9.98. The molecule has 0 aromatic heterocycles. The van der Waals surface area contributed by atoms with E-state index in [2.05, 4.69) is 5.32 Å². The molecule has 1 N–H and O–H groups in total. The van der Waals surface area contributed by atoms with E-state index in [9.17, 15) is 13.2 Å². The van der Waals surface area contributed by atoms with Crippen LogP contribution in [0.1, 0.15) is 42.5 Å². The maximum Gasteiger partial charge on any atom is 0.389 e. The monoisotopic (exact) mass is 259 g/mol. The van der Waals surface area contributed by atoms with Gasteiger partial charge >= 0.3 is 6.18 Å². The van der Waals surface area contributed by atoms with Crippen molar-refractivity contribution < 1.29 is 13.2 Å². The fraction of sp³-hybridized carbons (Fsp3) is 0.571. The molecule has 0 aliphatic carbocycles. The highest BCUT2D eigenvalue weighted by molar-refractivity contribution is 5.30. The lowest BCUT2D eigenvalue weighted by Crippen LogP contribution is -2.23. The molecular formula is C14H20F3N. The van der Waals surface area contributed by atoms with Gasteiger partial charge in [-0.2, -0.15) is 13.2 Å². The molecule has 1 aromatic rings. The van der Waals surface area contributed by atoms with Gasteiger partial charge in [0.15, 0.2) is 0 Å². The molecule has 1 unspecified atom stereocenters. The Hall–Kier alpha value is -1.03. The zero-order chi connectivity index (χ0) is 13.8. The third-order valence-electron chi connectivity index (χ3n) is 2.81. The summed E-state index contributed by atoms with van der Waals surface area (Å²) >= 11 is 0. The number of nitrogens with one attached hydrogen (secondary N) is 1. The Balaban J connectivity index is 2.83. The molecule has 1 nitrogen and oxygen atoms in total. The van der Waals surface area contributed by atoms with Crippen LogP contribution in [0.5, 0.6) is 0 Å². The van der Waals surface area contributed by atoms with E-state index in [4.69, 9.17) is 0 Å². The number of hydrogen-bond donors (Lipinski definition) is 1. The normalized spacial score (nSPS) is 13.7. The van der Waals surface area contributed by atoms with Crippen molar-refractivity contribution in [1.82, 2.24) is 5.32 Å². The highest BCUT2D eigenvalue weighted by Gasteiger charge is 2.28. The minimum absolute atomic E-state index is 0.0836. The SMILES string of the molecule is CCNC(CCC(F)(F)F)c1cc(C)cc(C)c1. The number of rotatable bonds is 5. The van der Waals surface area contributed by atoms with Crippen LogP contribution in [0, 0.1) is 13.8 Å². The first-order valence-electron chi connectivity index (χ1n) is 6.20. The summed E-state index contributed by atoms with van der Waals surface area (Å²) < 4.78 is 36.9. The summed E-state index contributed by atoms with van der Waals surface area (Å²) in [6.45, 7) is 6.49. The Morgan fingerprint density at radius 2 is 1.67 bits per heavy atom. The molecule has 4 heteroatoms. The predicted molar refractivity (Wildman–Crippen MR) is 67.6 cm³/mol. The average molecular weight is 259 g/mol. The Morgan fingerprint density at radius 3 is 2.11 bits per heavy atom. The lowest BCUT2D eigenvalue weighted by Gasteiger charge is -2.20. The fourth-order valence-electron chi connectivity index (χ4n) is 2.15. The van der Waals surface area contributed by atoms with Gasteiger partial charge < -0.3 is 5.32 Å². The molecule has 0 saturated carbocycles. The van der Waals surface area contributed by atoms with Crippen LogP contribution in [0.25, 0.3) is 0 Å². The molecule has 18 heavy (non-hydrogen) atoms. The maximum absolute atomic E-state index is 12.3. The van der Waals surface area contributed by atoms with Crippen molar-refractivity contribution in [3.63, 3.8) is 0 Å². The molecule has 0 amide bonds. The molecule has 0 spiro atoms. The van der Waals surface area contributed by atoms with Gasteiger partial charge in [0.05, 0.1) is 0 Å². The average Bonchev–Trinajstić information content (AvgIpc) is 2.21. The van der Waals surface area contributed by atoms with Crippen LogP contribution in [0.3, 0.4) is 0 Å². The van der Waals surface area contributed by atoms with Crippen molar-refractivity contribution in [3.8, 4) is 0 Å². The largest absolute Gasteiger partial charge is 0.389 e. The topological polar surface area (TPSA) is 12.0 Å². The summed E-state index contributed by atoms with van der Waals surface area (Å²) in [5, 5.41) is 3.13. The van der Waals surface area contributed by atoms with Crippen LogP contribution in [0.2, 0.25) is 0 Å². The molecule has 0 fully saturated rings. The van der Waals surface area contributed by atoms with Gasteiger partial charge in [-0.3, -0.25) is 0 Å². The standard InChI is InChI=1S/C14H20F3N/c1-4-18-13(5-6-14(15,16)17)12-8-10(2)7-11(3)9-12/h7-9,13,18H,4-6H2,1-3H3. The first-order chi connectivity index (χ1) is 8.31. The van der Waals surface area contributed by atoms with Crippen LogP contribution in [-0.2, 0) is 0 Å². The first kappa shape index (κ1) is 15.0. The van der Waals surface area contributed by atoms with Crippen molar-refractivity contribution in [1.29, 1.82) is 0 Å². The third-order valence-corrected chi connectivity index (χ3v) is 2.81. The number of alkyl halides is 3. The Bertz CT molecular complexity index is 365. The van der Waals surface area contributed by atoms with E-state index in [1.165, 1.54) is 0 Å². The zero-order valence-corrected chi connectivity index (χ0v) is 11.1. The van der Waals surface area contributed by atoms with Gasteiger partial charge in [-0.1, -0.05) is 36.2 Å². The van der Waals surface area contributed by atoms with E-state index in [1.807, 2.05) is 39.0 Å². The van der Waals surface area contributed by atoms with E-state index in [0.29, 0.717) is 6.54 Å². The van der Waals surface area contributed by atoms with Crippen molar-refractivity contribution >= 4 is 0 Å². The second-order valence-corrected chi connectivity index (χ2v) is 4.69. The first-order valence-corrected chi connectivity index (χ1v) is 6.20. The van der Waals surface area contributed by atoms with Gasteiger partial charge in [-0.05, 0) is 32.4 Å². The Labute approximate surface area is 106 Å². The van der Waals surface area contributed by atoms with Gasteiger partial charge in [-0.25, -0.2) is 0 Å². The van der Waals surface area contributed by atoms with E-state index in [0.717, 1.165) is 16.7 Å². The summed E-state index contributed by atoms with van der Waals surface area (Å²) in [7, 11) is 0. The van der Waals surface area contributed by atoms with Gasteiger partial charge in [0.1, 0.15) is 0 Å². The van der Waals surface area contributed by atoms with E-state index in [-0.39, 0.29) is 12.5 Å². The maximum atomic E-state index is 12.3. The molecule has 1 aromatic carbocycles. The zero-order valence-electron chi connectivity index (χ0n) is 11.1. The summed E-state index contributed by atoms with van der Waals surface area (Å²) in [5.41, 5.74) is 3.11. The summed E-state index contributed by atoms with van der Waals surface area (Å²) in [4.78, 5) is 0. The quantitative estimate of drug-likeness (QED) is 0.831. The Morgan fingerprint density at radius 1 is 1.11 bits per heavy atom. The molecule has 0 saturated heterocycles. The van der Waals surface area contributed by atoms with Crippen LogP contribution in [0.4, 0.5) is 13.2 Å². The van der Waals surface area contributed by atoms with Crippen molar-refractivity contribution in [2.75, 3.05) is 6.54 Å². The van der Waals surface area contributed by atoms with Gasteiger partial charge in [-0.15, -0.1) is 0 Å². The van der Waals surface area contributed by atoms with E-state index in [1.54, 1.807) is 0 Å². The van der Waals surface area contributed by atoms with Crippen LogP contribution in [-0.4, -0.2) is 12.7 Å². The van der Waals surface area contributed by atoms with Crippen molar-refractivity contribution in [3.05, 3.63) is 34.9 Å². The minimum Gasteiger partial charge on any atom is -0.310 e. The van der Waals surface area contributed by atoms with Crippen molar-refractivity contribution in [2.24, 2.45) is 0 Å². The second kappa shape index (κ2) is 6.23. The second-order valence-electron chi connectivity index (χ2n) is 4.69. The highest BCUT2D eigenvalue weighted by atomic mass is 19.4. The molecule has 0 heterocycles. The number of benzene rings is 1. The molecule has 0 aliphatic rings. The van der Waals surface area contributed by atoms with Crippen molar-refractivity contribution in [2.45, 2.75) is 45.8 Å². The summed E-state index contributed by atoms with van der Waals surface area (Å²) in [5.74, 6) is 0. The minimum atomic E-state index is -4.09. The van der Waals surface area contributed by atoms with Crippen LogP contribution in [0.15, 0.2) is 18.2 Å². The highest BCUT2D eigenvalue weighted by Crippen LogP contribution is 2.28. The molecule has 102 valence electrons. The molecular weight excluding hydrogens is 239 g/mol. The smallest absolute Gasteiger partial charge is 0.310 e. The Kier molecular flexibility index (Phi) is 5.20. The van der Waals surface area contributed by atoms with Gasteiger partial charge in [0.25, 0.3) is 0 Å². The van der Waals surface area contributed by atoms with Gasteiger partial charge in [0.2, 0.25) is 0 Å². The molecule has 0 aliphatic heterocycles. The third kappa shape index (κ3) is 5.08. The number of hydrogen-bond acceptors (Lipinski definition) is 1. The fourth-order valence-corrected chi connectivity index (χ4v) is 2.15. The van der Waals surface area contributed by atoms with Crippen LogP contribution < -0.4 is 5.32 Å². The number of aryl methyl sites for hydroxylation is 2. The molecule has 0 radical (unpaired) electrons.